The second-order valence-corrected chi connectivity index (χ2v) is 1.32. The molecular weight excluding hydrogens is 274 g/mol. The van der Waals surface area contributed by atoms with Crippen molar-refractivity contribution in [3.8, 4) is 0 Å². The first-order valence-corrected chi connectivity index (χ1v) is 2.04. The SMILES string of the molecule is Cc1[c-]ncnc1.[Re]. The summed E-state index contributed by atoms with van der Waals surface area (Å²) in [5.74, 6) is 0. The average molecular weight is 279 g/mol. The Morgan fingerprint density at radius 1 is 1.62 bits per heavy atom. The van der Waals surface area contributed by atoms with Crippen molar-refractivity contribution in [2.24, 2.45) is 0 Å². The van der Waals surface area contributed by atoms with Gasteiger partial charge in [-0.05, 0) is 6.33 Å². The molecule has 0 N–H and O–H groups in total. The van der Waals surface area contributed by atoms with E-state index in [2.05, 4.69) is 16.2 Å². The fraction of sp³-hybridized carbons (Fsp3) is 0.200. The molecule has 0 aliphatic rings. The maximum atomic E-state index is 3.74. The molecule has 1 radical (unpaired) electrons. The van der Waals surface area contributed by atoms with Crippen LogP contribution in [0, 0.1) is 13.1 Å². The quantitative estimate of drug-likeness (QED) is 0.649. The predicted octanol–water partition coefficient (Wildman–Crippen LogP) is 0.583. The molecule has 0 unspecified atom stereocenters. The summed E-state index contributed by atoms with van der Waals surface area (Å²) in [6, 6.07) is 0. The fourth-order valence-corrected chi connectivity index (χ4v) is 0.338. The van der Waals surface area contributed by atoms with Gasteiger partial charge in [0.25, 0.3) is 0 Å². The third kappa shape index (κ3) is 2.15. The Balaban J connectivity index is 0.000000490. The largest absolute Gasteiger partial charge is 0.376 e. The molecule has 0 spiro atoms. The van der Waals surface area contributed by atoms with Crippen LogP contribution < -0.4 is 0 Å². The number of hydrogen-bond acceptors (Lipinski definition) is 2. The Hall–Kier alpha value is -0.258. The molecular formula is C5H5N2Re-. The summed E-state index contributed by atoms with van der Waals surface area (Å²) in [4.78, 5) is 7.39. The van der Waals surface area contributed by atoms with E-state index in [0.717, 1.165) is 5.56 Å². The maximum absolute atomic E-state index is 3.74. The zero-order chi connectivity index (χ0) is 5.11. The van der Waals surface area contributed by atoms with Gasteiger partial charge in [0.2, 0.25) is 0 Å². The van der Waals surface area contributed by atoms with Crippen LogP contribution in [0.5, 0.6) is 0 Å². The van der Waals surface area contributed by atoms with Gasteiger partial charge in [-0.3, -0.25) is 0 Å². The van der Waals surface area contributed by atoms with Crippen molar-refractivity contribution >= 4 is 0 Å². The molecule has 0 bridgehead atoms. The van der Waals surface area contributed by atoms with Crippen LogP contribution in [0.15, 0.2) is 12.5 Å². The zero-order valence-corrected chi connectivity index (χ0v) is 7.14. The summed E-state index contributed by atoms with van der Waals surface area (Å²) < 4.78 is 0. The molecule has 1 aromatic heterocycles. The summed E-state index contributed by atoms with van der Waals surface area (Å²) in [6.45, 7) is 1.90. The van der Waals surface area contributed by atoms with Crippen LogP contribution in [0.25, 0.3) is 0 Å². The first-order valence-electron chi connectivity index (χ1n) is 2.04. The molecule has 2 nitrogen and oxygen atoms in total. The Kier molecular flexibility index (Phi) is 3.59. The molecule has 3 heteroatoms. The number of rotatable bonds is 0. The number of nitrogens with zero attached hydrogens (tertiary/aromatic N) is 2. The molecule has 8 heavy (non-hydrogen) atoms. The van der Waals surface area contributed by atoms with Gasteiger partial charge in [-0.2, -0.15) is 0 Å². The van der Waals surface area contributed by atoms with Gasteiger partial charge in [-0.25, -0.2) is 0 Å². The van der Waals surface area contributed by atoms with Crippen LogP contribution in [-0.4, -0.2) is 9.97 Å². The van der Waals surface area contributed by atoms with Gasteiger partial charge in [0, 0.05) is 20.4 Å². The third-order valence-corrected chi connectivity index (χ3v) is 0.633. The topological polar surface area (TPSA) is 25.8 Å². The molecule has 1 heterocycles. The van der Waals surface area contributed by atoms with E-state index >= 15 is 0 Å². The van der Waals surface area contributed by atoms with E-state index in [1.54, 1.807) is 6.20 Å². The van der Waals surface area contributed by atoms with Crippen LogP contribution in [0.3, 0.4) is 0 Å². The van der Waals surface area contributed by atoms with Crippen molar-refractivity contribution in [3.05, 3.63) is 24.3 Å². The Bertz CT molecular complexity index is 140. The Labute approximate surface area is 62.0 Å². The summed E-state index contributed by atoms with van der Waals surface area (Å²) in [7, 11) is 0. The molecule has 0 aliphatic heterocycles. The van der Waals surface area contributed by atoms with Gasteiger partial charge >= 0.3 is 0 Å². The van der Waals surface area contributed by atoms with Crippen molar-refractivity contribution in [1.82, 2.24) is 9.97 Å². The van der Waals surface area contributed by atoms with Crippen LogP contribution in [0.2, 0.25) is 0 Å². The van der Waals surface area contributed by atoms with Crippen molar-refractivity contribution < 1.29 is 20.4 Å². The zero-order valence-electron chi connectivity index (χ0n) is 4.43. The standard InChI is InChI=1S/C5H5N2.Re/c1-5-2-6-4-7-3-5;/h2,4H,1H3;/q-1;. The molecule has 0 saturated heterocycles. The normalized spacial score (nSPS) is 7.62. The van der Waals surface area contributed by atoms with Crippen LogP contribution >= 0.6 is 0 Å². The van der Waals surface area contributed by atoms with Gasteiger partial charge in [-0.1, -0.05) is 19.3 Å². The van der Waals surface area contributed by atoms with Gasteiger partial charge in [0.05, 0.1) is 0 Å². The van der Waals surface area contributed by atoms with E-state index in [-0.39, 0.29) is 20.4 Å². The number of hydrogen-bond donors (Lipinski definition) is 0. The minimum atomic E-state index is 0. The summed E-state index contributed by atoms with van der Waals surface area (Å²) in [6.07, 6.45) is 5.90. The second-order valence-electron chi connectivity index (χ2n) is 1.32. The van der Waals surface area contributed by atoms with E-state index in [9.17, 15) is 0 Å². The summed E-state index contributed by atoms with van der Waals surface area (Å²) >= 11 is 0. The number of aromatic nitrogens is 2. The van der Waals surface area contributed by atoms with E-state index < -0.39 is 0 Å². The van der Waals surface area contributed by atoms with E-state index in [1.165, 1.54) is 6.33 Å². The molecule has 0 atom stereocenters. The average Bonchev–Trinajstić information content (AvgIpc) is 1.69. The second kappa shape index (κ2) is 3.71. The molecule has 1 aromatic rings. The van der Waals surface area contributed by atoms with Gasteiger partial charge in [0.1, 0.15) is 0 Å². The monoisotopic (exact) mass is 280 g/mol. The fourth-order valence-electron chi connectivity index (χ4n) is 0.338. The number of aryl methyl sites for hydroxylation is 1. The first kappa shape index (κ1) is 7.74. The van der Waals surface area contributed by atoms with Crippen LogP contribution in [0.1, 0.15) is 5.56 Å². The van der Waals surface area contributed by atoms with E-state index in [1.807, 2.05) is 6.92 Å². The Morgan fingerprint density at radius 3 is 2.62 bits per heavy atom. The van der Waals surface area contributed by atoms with Crippen molar-refractivity contribution in [2.75, 3.05) is 0 Å². The smallest absolute Gasteiger partial charge is 0 e. The van der Waals surface area contributed by atoms with Crippen LogP contribution in [0.4, 0.5) is 0 Å². The molecule has 43 valence electrons. The molecule has 0 amide bonds. The minimum Gasteiger partial charge on any atom is -0.376 e. The first-order chi connectivity index (χ1) is 3.39. The van der Waals surface area contributed by atoms with Gasteiger partial charge in [0.15, 0.2) is 0 Å². The van der Waals surface area contributed by atoms with E-state index in [4.69, 9.17) is 0 Å². The molecule has 0 aliphatic carbocycles. The maximum Gasteiger partial charge on any atom is 0 e. The van der Waals surface area contributed by atoms with Gasteiger partial charge < -0.3 is 9.97 Å². The summed E-state index contributed by atoms with van der Waals surface area (Å²) in [5, 5.41) is 0. The minimum absolute atomic E-state index is 0. The van der Waals surface area contributed by atoms with E-state index in [0.29, 0.717) is 0 Å². The third-order valence-electron chi connectivity index (χ3n) is 0.633. The van der Waals surface area contributed by atoms with Crippen molar-refractivity contribution in [2.45, 2.75) is 6.92 Å². The molecule has 0 fully saturated rings. The molecule has 0 saturated carbocycles. The molecule has 0 aromatic carbocycles. The van der Waals surface area contributed by atoms with Gasteiger partial charge in [-0.15, -0.1) is 5.56 Å². The van der Waals surface area contributed by atoms with Crippen LogP contribution in [-0.2, 0) is 20.4 Å². The van der Waals surface area contributed by atoms with Crippen molar-refractivity contribution in [1.29, 1.82) is 0 Å². The summed E-state index contributed by atoms with van der Waals surface area (Å²) in [5.41, 5.74) is 0.975. The predicted molar refractivity (Wildman–Crippen MR) is 25.6 cm³/mol. The van der Waals surface area contributed by atoms with Crippen molar-refractivity contribution in [3.63, 3.8) is 0 Å². The Morgan fingerprint density at radius 2 is 2.38 bits per heavy atom. The molecule has 1 rings (SSSR count).